The predicted molar refractivity (Wildman–Crippen MR) is 142 cm³/mol. The minimum atomic E-state index is -0.0819. The van der Waals surface area contributed by atoms with Crippen LogP contribution in [-0.2, 0) is 0 Å². The van der Waals surface area contributed by atoms with Gasteiger partial charge in [0, 0.05) is 34.9 Å². The van der Waals surface area contributed by atoms with Gasteiger partial charge in [-0.25, -0.2) is 4.98 Å². The van der Waals surface area contributed by atoms with Gasteiger partial charge in [0.15, 0.2) is 0 Å². The highest BCUT2D eigenvalue weighted by molar-refractivity contribution is 6.31. The van der Waals surface area contributed by atoms with Gasteiger partial charge in [-0.15, -0.1) is 10.2 Å². The van der Waals surface area contributed by atoms with E-state index in [1.165, 1.54) is 12.8 Å². The molecule has 3 N–H and O–H groups in total. The Morgan fingerprint density at radius 2 is 1.83 bits per heavy atom. The number of phenolic OH excluding ortho intramolecular Hbond substituents is 1. The number of nitrogens with zero attached hydrogens (tertiary/aromatic N) is 4. The van der Waals surface area contributed by atoms with Crippen LogP contribution in [-0.4, -0.2) is 57.3 Å². The molecule has 0 aliphatic carbocycles. The summed E-state index contributed by atoms with van der Waals surface area (Å²) in [6.07, 6.45) is 2.49. The first kappa shape index (κ1) is 24.0. The molecule has 4 aromatic rings. The van der Waals surface area contributed by atoms with Gasteiger partial charge in [-0.1, -0.05) is 11.6 Å². The van der Waals surface area contributed by atoms with Gasteiger partial charge in [-0.2, -0.15) is 0 Å². The Kier molecular flexibility index (Phi) is 6.97. The molecule has 36 heavy (non-hydrogen) atoms. The summed E-state index contributed by atoms with van der Waals surface area (Å²) in [5, 5.41) is 25.5. The van der Waals surface area contributed by atoms with Crippen molar-refractivity contribution in [1.82, 2.24) is 25.4 Å². The number of aromatic hydroxyl groups is 1. The zero-order valence-corrected chi connectivity index (χ0v) is 20.7. The third-order valence-corrected chi connectivity index (χ3v) is 6.57. The molecule has 1 saturated heterocycles. The third-order valence-electron chi connectivity index (χ3n) is 6.34. The number of phenols is 1. The fraction of sp³-hybridized carbons (Fsp3) is 0.259. The summed E-state index contributed by atoms with van der Waals surface area (Å²) in [6.45, 7) is 5.71. The number of amides is 1. The van der Waals surface area contributed by atoms with Crippen LogP contribution < -0.4 is 10.6 Å². The maximum atomic E-state index is 12.4. The van der Waals surface area contributed by atoms with E-state index in [9.17, 15) is 9.90 Å². The van der Waals surface area contributed by atoms with E-state index in [0.717, 1.165) is 36.4 Å². The van der Waals surface area contributed by atoms with E-state index in [4.69, 9.17) is 11.6 Å². The zero-order chi connectivity index (χ0) is 25.1. The van der Waals surface area contributed by atoms with Crippen molar-refractivity contribution in [3.63, 3.8) is 0 Å². The number of benzene rings is 3. The topological polar surface area (TPSA) is 103 Å². The number of hydrogen-bond donors (Lipinski definition) is 3. The summed E-state index contributed by atoms with van der Waals surface area (Å²) in [6, 6.07) is 15.9. The van der Waals surface area contributed by atoms with Gasteiger partial charge < -0.3 is 20.6 Å². The van der Waals surface area contributed by atoms with Gasteiger partial charge in [-0.3, -0.25) is 4.79 Å². The average molecular weight is 503 g/mol. The number of carbonyl (C=O) groups is 1. The number of aromatic nitrogens is 3. The quantitative estimate of drug-likeness (QED) is 0.329. The number of aryl methyl sites for hydroxylation is 1. The third kappa shape index (κ3) is 5.40. The molecule has 1 amide bonds. The van der Waals surface area contributed by atoms with Crippen molar-refractivity contribution in [1.29, 1.82) is 0 Å². The molecule has 5 rings (SSSR count). The molecule has 2 heterocycles. The van der Waals surface area contributed by atoms with Crippen LogP contribution in [0, 0.1) is 6.92 Å². The molecule has 1 aliphatic heterocycles. The zero-order valence-electron chi connectivity index (χ0n) is 20.0. The van der Waals surface area contributed by atoms with Crippen LogP contribution in [0.2, 0.25) is 5.02 Å². The van der Waals surface area contributed by atoms with Crippen molar-refractivity contribution in [2.75, 3.05) is 31.5 Å². The molecule has 184 valence electrons. The number of rotatable bonds is 7. The molecule has 0 bridgehead atoms. The van der Waals surface area contributed by atoms with Crippen LogP contribution in [0.25, 0.3) is 22.2 Å². The molecular formula is C27H27ClN6O2. The summed E-state index contributed by atoms with van der Waals surface area (Å²) in [7, 11) is 0. The van der Waals surface area contributed by atoms with Gasteiger partial charge in [0.1, 0.15) is 11.3 Å². The highest BCUT2D eigenvalue weighted by Crippen LogP contribution is 2.34. The Balaban J connectivity index is 1.27. The molecule has 1 aromatic heterocycles. The monoisotopic (exact) mass is 502 g/mol. The van der Waals surface area contributed by atoms with E-state index in [0.29, 0.717) is 39.7 Å². The summed E-state index contributed by atoms with van der Waals surface area (Å²) in [4.78, 5) is 19.4. The Hall–Kier alpha value is -3.75. The number of carbonyl (C=O) groups excluding carboxylic acids is 1. The maximum Gasteiger partial charge on any atom is 0.251 e. The first-order valence-corrected chi connectivity index (χ1v) is 12.4. The summed E-state index contributed by atoms with van der Waals surface area (Å²) in [5.41, 5.74) is 4.96. The molecule has 0 saturated carbocycles. The van der Waals surface area contributed by atoms with Crippen LogP contribution in [0.3, 0.4) is 0 Å². The van der Waals surface area contributed by atoms with Gasteiger partial charge >= 0.3 is 0 Å². The summed E-state index contributed by atoms with van der Waals surface area (Å²) < 4.78 is 0. The highest BCUT2D eigenvalue weighted by atomic mass is 35.5. The Morgan fingerprint density at radius 3 is 2.61 bits per heavy atom. The molecule has 3 aromatic carbocycles. The van der Waals surface area contributed by atoms with E-state index < -0.39 is 0 Å². The SMILES string of the molecule is Cc1cc(-c2cc(Cl)ccc2O)cc2nnc(Nc3ccc(C(=O)NCCN4CCCC4)cc3)nc12. The number of anilines is 2. The van der Waals surface area contributed by atoms with Gasteiger partial charge in [0.05, 0.1) is 5.52 Å². The summed E-state index contributed by atoms with van der Waals surface area (Å²) in [5.74, 6) is 0.411. The second-order valence-electron chi connectivity index (χ2n) is 8.96. The maximum absolute atomic E-state index is 12.4. The number of fused-ring (bicyclic) bond motifs is 1. The van der Waals surface area contributed by atoms with Crippen LogP contribution in [0.4, 0.5) is 11.6 Å². The van der Waals surface area contributed by atoms with Crippen molar-refractivity contribution in [2.45, 2.75) is 19.8 Å². The lowest BCUT2D eigenvalue weighted by Gasteiger charge is -2.14. The van der Waals surface area contributed by atoms with Crippen LogP contribution in [0.5, 0.6) is 5.75 Å². The number of likely N-dealkylation sites (tertiary alicyclic amines) is 1. The first-order chi connectivity index (χ1) is 17.5. The lowest BCUT2D eigenvalue weighted by Crippen LogP contribution is -2.33. The van der Waals surface area contributed by atoms with Gasteiger partial charge in [0.2, 0.25) is 5.95 Å². The largest absolute Gasteiger partial charge is 0.507 e. The highest BCUT2D eigenvalue weighted by Gasteiger charge is 2.13. The molecule has 0 unspecified atom stereocenters. The van der Waals surface area contributed by atoms with Crippen molar-refractivity contribution >= 4 is 40.2 Å². The van der Waals surface area contributed by atoms with Crippen molar-refractivity contribution in [3.05, 3.63) is 70.7 Å². The molecular weight excluding hydrogens is 476 g/mol. The van der Waals surface area contributed by atoms with E-state index in [2.05, 4.69) is 30.7 Å². The van der Waals surface area contributed by atoms with E-state index >= 15 is 0 Å². The molecule has 1 aliphatic rings. The molecule has 0 atom stereocenters. The fourth-order valence-electron chi connectivity index (χ4n) is 4.43. The lowest BCUT2D eigenvalue weighted by molar-refractivity contribution is 0.0950. The van der Waals surface area contributed by atoms with Crippen LogP contribution in [0.15, 0.2) is 54.6 Å². The van der Waals surface area contributed by atoms with E-state index in [-0.39, 0.29) is 11.7 Å². The van der Waals surface area contributed by atoms with E-state index in [1.54, 1.807) is 30.3 Å². The van der Waals surface area contributed by atoms with Crippen molar-refractivity contribution in [3.8, 4) is 16.9 Å². The predicted octanol–water partition coefficient (Wildman–Crippen LogP) is 4.93. The Morgan fingerprint density at radius 1 is 1.06 bits per heavy atom. The number of nitrogens with one attached hydrogen (secondary N) is 2. The molecule has 9 heteroatoms. The molecule has 0 spiro atoms. The number of halogens is 1. The summed E-state index contributed by atoms with van der Waals surface area (Å²) >= 11 is 6.11. The molecule has 1 fully saturated rings. The minimum Gasteiger partial charge on any atom is -0.507 e. The lowest BCUT2D eigenvalue weighted by atomic mass is 10.0. The second-order valence-corrected chi connectivity index (χ2v) is 9.40. The molecule has 0 radical (unpaired) electrons. The fourth-order valence-corrected chi connectivity index (χ4v) is 4.60. The second kappa shape index (κ2) is 10.5. The normalized spacial score (nSPS) is 13.7. The van der Waals surface area contributed by atoms with Crippen LogP contribution in [0.1, 0.15) is 28.8 Å². The average Bonchev–Trinajstić information content (AvgIpc) is 3.40. The Labute approximate surface area is 214 Å². The first-order valence-electron chi connectivity index (χ1n) is 12.0. The van der Waals surface area contributed by atoms with Crippen molar-refractivity contribution < 1.29 is 9.90 Å². The number of hydrogen-bond acceptors (Lipinski definition) is 7. The van der Waals surface area contributed by atoms with Crippen LogP contribution >= 0.6 is 11.6 Å². The smallest absolute Gasteiger partial charge is 0.251 e. The minimum absolute atomic E-state index is 0.0819. The van der Waals surface area contributed by atoms with Gasteiger partial charge in [-0.05, 0) is 98.6 Å². The van der Waals surface area contributed by atoms with Gasteiger partial charge in [0.25, 0.3) is 5.91 Å². The molecule has 8 nitrogen and oxygen atoms in total. The Bertz CT molecular complexity index is 1400. The van der Waals surface area contributed by atoms with E-state index in [1.807, 2.05) is 31.2 Å². The standard InChI is InChI=1S/C27H27ClN6O2/c1-17-14-19(22-16-20(28)6-9-24(22)35)15-23-25(17)31-27(33-32-23)30-21-7-4-18(5-8-21)26(36)29-10-13-34-11-2-3-12-34/h4-9,14-16,35H,2-3,10-13H2,1H3,(H,29,36)(H,30,31,33). The van der Waals surface area contributed by atoms with Crippen molar-refractivity contribution in [2.24, 2.45) is 0 Å².